The molecular formula is C13H11BrClN3O. The van der Waals surface area contributed by atoms with E-state index in [0.717, 1.165) is 32.8 Å². The van der Waals surface area contributed by atoms with Gasteiger partial charge in [0.25, 0.3) is 0 Å². The molecule has 0 spiro atoms. The van der Waals surface area contributed by atoms with E-state index in [2.05, 4.69) is 30.6 Å². The molecule has 4 nitrogen and oxygen atoms in total. The van der Waals surface area contributed by atoms with Gasteiger partial charge in [-0.25, -0.2) is 4.98 Å². The SMILES string of the molecule is Cc1cc(Cn2c(CCl)nc3cc(Br)ccc32)no1. The molecule has 0 amide bonds. The molecule has 3 aromatic rings. The van der Waals surface area contributed by atoms with Crippen molar-refractivity contribution in [1.29, 1.82) is 0 Å². The molecule has 3 rings (SSSR count). The highest BCUT2D eigenvalue weighted by Gasteiger charge is 2.12. The van der Waals surface area contributed by atoms with Crippen molar-refractivity contribution in [2.45, 2.75) is 19.3 Å². The van der Waals surface area contributed by atoms with Crippen LogP contribution < -0.4 is 0 Å². The van der Waals surface area contributed by atoms with E-state index in [0.29, 0.717) is 12.4 Å². The number of hydrogen-bond donors (Lipinski definition) is 0. The van der Waals surface area contributed by atoms with Gasteiger partial charge in [-0.05, 0) is 25.1 Å². The Morgan fingerprint density at radius 1 is 1.37 bits per heavy atom. The molecule has 0 N–H and O–H groups in total. The van der Waals surface area contributed by atoms with Crippen molar-refractivity contribution in [2.24, 2.45) is 0 Å². The van der Waals surface area contributed by atoms with Crippen molar-refractivity contribution in [1.82, 2.24) is 14.7 Å². The molecule has 19 heavy (non-hydrogen) atoms. The fourth-order valence-electron chi connectivity index (χ4n) is 2.09. The lowest BCUT2D eigenvalue weighted by Gasteiger charge is -2.04. The van der Waals surface area contributed by atoms with E-state index in [9.17, 15) is 0 Å². The van der Waals surface area contributed by atoms with Gasteiger partial charge >= 0.3 is 0 Å². The minimum Gasteiger partial charge on any atom is -0.361 e. The van der Waals surface area contributed by atoms with Gasteiger partial charge in [0.2, 0.25) is 0 Å². The van der Waals surface area contributed by atoms with Crippen LogP contribution >= 0.6 is 27.5 Å². The predicted molar refractivity (Wildman–Crippen MR) is 77.3 cm³/mol. The predicted octanol–water partition coefficient (Wildman–Crippen LogP) is 3.88. The zero-order valence-electron chi connectivity index (χ0n) is 10.2. The van der Waals surface area contributed by atoms with Crippen LogP contribution in [-0.2, 0) is 12.4 Å². The molecule has 0 bridgehead atoms. The van der Waals surface area contributed by atoms with E-state index in [4.69, 9.17) is 16.1 Å². The quantitative estimate of drug-likeness (QED) is 0.680. The summed E-state index contributed by atoms with van der Waals surface area (Å²) in [6.07, 6.45) is 0. The molecule has 98 valence electrons. The number of nitrogens with zero attached hydrogens (tertiary/aromatic N) is 3. The normalized spacial score (nSPS) is 11.3. The Labute approximate surface area is 123 Å². The molecule has 2 heterocycles. The standard InChI is InChI=1S/C13H11BrClN3O/c1-8-4-10(17-19-8)7-18-12-3-2-9(14)5-11(12)16-13(18)6-15/h2-5H,6-7H2,1H3. The van der Waals surface area contributed by atoms with Gasteiger partial charge in [-0.2, -0.15) is 0 Å². The molecule has 0 aliphatic heterocycles. The zero-order chi connectivity index (χ0) is 13.4. The van der Waals surface area contributed by atoms with Crippen LogP contribution in [0.5, 0.6) is 0 Å². The second-order valence-electron chi connectivity index (χ2n) is 4.31. The largest absolute Gasteiger partial charge is 0.361 e. The molecule has 0 saturated heterocycles. The van der Waals surface area contributed by atoms with Gasteiger partial charge in [0, 0.05) is 10.5 Å². The highest BCUT2D eigenvalue weighted by molar-refractivity contribution is 9.10. The Morgan fingerprint density at radius 3 is 2.89 bits per heavy atom. The first-order valence-electron chi connectivity index (χ1n) is 5.80. The Hall–Kier alpha value is -1.33. The molecule has 0 saturated carbocycles. The second kappa shape index (κ2) is 4.98. The van der Waals surface area contributed by atoms with E-state index < -0.39 is 0 Å². The Bertz CT molecular complexity index is 735. The van der Waals surface area contributed by atoms with Gasteiger partial charge in [0.05, 0.1) is 23.5 Å². The summed E-state index contributed by atoms with van der Waals surface area (Å²) in [5.74, 6) is 1.99. The first-order valence-corrected chi connectivity index (χ1v) is 7.13. The third-order valence-corrected chi connectivity index (χ3v) is 3.64. The maximum Gasteiger partial charge on any atom is 0.133 e. The van der Waals surface area contributed by atoms with Crippen LogP contribution in [0.1, 0.15) is 17.3 Å². The van der Waals surface area contributed by atoms with Crippen molar-refractivity contribution in [2.75, 3.05) is 0 Å². The lowest BCUT2D eigenvalue weighted by atomic mass is 10.3. The smallest absolute Gasteiger partial charge is 0.133 e. The van der Waals surface area contributed by atoms with Crippen LogP contribution in [0, 0.1) is 6.92 Å². The number of rotatable bonds is 3. The van der Waals surface area contributed by atoms with E-state index in [1.165, 1.54) is 0 Å². The number of benzene rings is 1. The van der Waals surface area contributed by atoms with Crippen LogP contribution in [0.4, 0.5) is 0 Å². The van der Waals surface area contributed by atoms with E-state index >= 15 is 0 Å². The van der Waals surface area contributed by atoms with Gasteiger partial charge in [0.1, 0.15) is 17.3 Å². The summed E-state index contributed by atoms with van der Waals surface area (Å²) in [7, 11) is 0. The summed E-state index contributed by atoms with van der Waals surface area (Å²) >= 11 is 9.42. The average molecular weight is 341 g/mol. The lowest BCUT2D eigenvalue weighted by molar-refractivity contribution is 0.389. The van der Waals surface area contributed by atoms with Crippen molar-refractivity contribution in [3.8, 4) is 0 Å². The van der Waals surface area contributed by atoms with Crippen LogP contribution in [0.2, 0.25) is 0 Å². The summed E-state index contributed by atoms with van der Waals surface area (Å²) in [5, 5.41) is 4.01. The number of hydrogen-bond acceptors (Lipinski definition) is 3. The van der Waals surface area contributed by atoms with Crippen molar-refractivity contribution in [3.05, 3.63) is 46.0 Å². The second-order valence-corrected chi connectivity index (χ2v) is 5.49. The molecule has 2 aromatic heterocycles. The number of aromatic nitrogens is 3. The molecule has 0 radical (unpaired) electrons. The Morgan fingerprint density at radius 2 is 2.21 bits per heavy atom. The first-order chi connectivity index (χ1) is 9.17. The zero-order valence-corrected chi connectivity index (χ0v) is 12.6. The van der Waals surface area contributed by atoms with Crippen LogP contribution in [0.15, 0.2) is 33.3 Å². The van der Waals surface area contributed by atoms with Crippen LogP contribution in [0.25, 0.3) is 11.0 Å². The van der Waals surface area contributed by atoms with Crippen LogP contribution in [0.3, 0.4) is 0 Å². The highest BCUT2D eigenvalue weighted by atomic mass is 79.9. The minimum absolute atomic E-state index is 0.364. The summed E-state index contributed by atoms with van der Waals surface area (Å²) < 4.78 is 8.16. The van der Waals surface area contributed by atoms with Gasteiger partial charge in [-0.1, -0.05) is 21.1 Å². The fraction of sp³-hybridized carbons (Fsp3) is 0.231. The molecule has 1 aromatic carbocycles. The molecule has 0 aliphatic carbocycles. The van der Waals surface area contributed by atoms with E-state index in [1.807, 2.05) is 31.2 Å². The number of fused-ring (bicyclic) bond motifs is 1. The number of aryl methyl sites for hydroxylation is 1. The van der Waals surface area contributed by atoms with Gasteiger partial charge in [-0.15, -0.1) is 11.6 Å². The lowest BCUT2D eigenvalue weighted by Crippen LogP contribution is -2.03. The third-order valence-electron chi connectivity index (χ3n) is 2.91. The fourth-order valence-corrected chi connectivity index (χ4v) is 2.64. The molecular weight excluding hydrogens is 330 g/mol. The van der Waals surface area contributed by atoms with E-state index in [-0.39, 0.29) is 0 Å². The Kier molecular flexibility index (Phi) is 3.33. The monoisotopic (exact) mass is 339 g/mol. The summed E-state index contributed by atoms with van der Waals surface area (Å²) in [4.78, 5) is 4.54. The summed E-state index contributed by atoms with van der Waals surface area (Å²) in [6, 6.07) is 7.92. The summed E-state index contributed by atoms with van der Waals surface area (Å²) in [5.41, 5.74) is 2.83. The molecule has 6 heteroatoms. The van der Waals surface area contributed by atoms with Crippen molar-refractivity contribution < 1.29 is 4.52 Å². The van der Waals surface area contributed by atoms with Crippen molar-refractivity contribution in [3.63, 3.8) is 0 Å². The Balaban J connectivity index is 2.10. The highest BCUT2D eigenvalue weighted by Crippen LogP contribution is 2.22. The number of imidazole rings is 1. The molecule has 0 fully saturated rings. The molecule has 0 aliphatic rings. The van der Waals surface area contributed by atoms with E-state index in [1.54, 1.807) is 0 Å². The number of alkyl halides is 1. The maximum absolute atomic E-state index is 5.98. The van der Waals surface area contributed by atoms with Crippen LogP contribution in [-0.4, -0.2) is 14.7 Å². The minimum atomic E-state index is 0.364. The molecule has 0 atom stereocenters. The first kappa shape index (κ1) is 12.7. The maximum atomic E-state index is 5.98. The molecule has 0 unspecified atom stereocenters. The topological polar surface area (TPSA) is 43.9 Å². The summed E-state index contributed by atoms with van der Waals surface area (Å²) in [6.45, 7) is 2.49. The average Bonchev–Trinajstić information content (AvgIpc) is 2.94. The van der Waals surface area contributed by atoms with Crippen molar-refractivity contribution >= 4 is 38.6 Å². The number of halogens is 2. The third kappa shape index (κ3) is 2.40. The van der Waals surface area contributed by atoms with Gasteiger partial charge in [0.15, 0.2) is 0 Å². The van der Waals surface area contributed by atoms with Gasteiger partial charge < -0.3 is 9.09 Å². The van der Waals surface area contributed by atoms with Gasteiger partial charge in [-0.3, -0.25) is 0 Å².